The van der Waals surface area contributed by atoms with Gasteiger partial charge in [0, 0.05) is 11.6 Å². The second-order valence-corrected chi connectivity index (χ2v) is 5.92. The van der Waals surface area contributed by atoms with Crippen molar-refractivity contribution in [1.82, 2.24) is 0 Å². The topological polar surface area (TPSA) is 110 Å². The van der Waals surface area contributed by atoms with Gasteiger partial charge in [-0.3, -0.25) is 4.57 Å². The molecule has 0 fully saturated rings. The van der Waals surface area contributed by atoms with E-state index in [4.69, 9.17) is 11.5 Å². The van der Waals surface area contributed by atoms with Gasteiger partial charge in [0.05, 0.1) is 0 Å². The predicted molar refractivity (Wildman–Crippen MR) is 63.4 cm³/mol. The number of rotatable bonds is 3. The zero-order valence-corrected chi connectivity index (χ0v) is 10.4. The highest BCUT2D eigenvalue weighted by molar-refractivity contribution is 7.53. The molecule has 0 aliphatic heterocycles. The van der Waals surface area contributed by atoms with Crippen molar-refractivity contribution in [2.24, 2.45) is 17.4 Å². The molecule has 0 saturated carbocycles. The Hall–Kier alpha value is -0.610. The summed E-state index contributed by atoms with van der Waals surface area (Å²) >= 11 is 0. The molecule has 1 rings (SSSR count). The first kappa shape index (κ1) is 13.5. The van der Waals surface area contributed by atoms with Crippen LogP contribution in [0.5, 0.6) is 0 Å². The molecule has 1 aliphatic rings. The van der Waals surface area contributed by atoms with Crippen molar-refractivity contribution in [3.8, 4) is 0 Å². The van der Waals surface area contributed by atoms with E-state index in [0.29, 0.717) is 18.5 Å². The van der Waals surface area contributed by atoms with E-state index < -0.39 is 18.8 Å². The molecule has 1 aliphatic carbocycles. The Bertz CT molecular complexity index is 386. The Labute approximate surface area is 95.4 Å². The smallest absolute Gasteiger partial charge is 0.349 e. The molecular formula is C10H19N2O3P. The summed E-state index contributed by atoms with van der Waals surface area (Å²) in [4.78, 5) is 18.7. The lowest BCUT2D eigenvalue weighted by molar-refractivity contribution is 0.307. The Morgan fingerprint density at radius 1 is 1.50 bits per heavy atom. The van der Waals surface area contributed by atoms with E-state index in [2.05, 4.69) is 0 Å². The summed E-state index contributed by atoms with van der Waals surface area (Å²) in [6, 6.07) is 0. The van der Waals surface area contributed by atoms with E-state index in [-0.39, 0.29) is 0 Å². The van der Waals surface area contributed by atoms with Crippen LogP contribution in [0, 0.1) is 5.92 Å². The second kappa shape index (κ2) is 4.34. The first-order valence-corrected chi connectivity index (χ1v) is 6.91. The lowest BCUT2D eigenvalue weighted by Crippen LogP contribution is -2.47. The molecule has 0 saturated heterocycles. The zero-order valence-electron chi connectivity index (χ0n) is 9.55. The molecular weight excluding hydrogens is 227 g/mol. The fourth-order valence-electron chi connectivity index (χ4n) is 2.25. The number of hydrogen-bond donors (Lipinski definition) is 4. The minimum absolute atomic E-state index is 0.400. The van der Waals surface area contributed by atoms with Crippen LogP contribution >= 0.6 is 7.60 Å². The van der Waals surface area contributed by atoms with Gasteiger partial charge in [0.2, 0.25) is 0 Å². The average molecular weight is 246 g/mol. The highest BCUT2D eigenvalue weighted by atomic mass is 31.2. The van der Waals surface area contributed by atoms with Gasteiger partial charge in [-0.25, -0.2) is 0 Å². The van der Waals surface area contributed by atoms with Crippen LogP contribution in [-0.2, 0) is 4.57 Å². The van der Waals surface area contributed by atoms with Crippen LogP contribution in [0.1, 0.15) is 26.7 Å². The van der Waals surface area contributed by atoms with Gasteiger partial charge in [-0.2, -0.15) is 0 Å². The summed E-state index contributed by atoms with van der Waals surface area (Å²) in [6.07, 6.45) is 4.05. The van der Waals surface area contributed by atoms with E-state index in [9.17, 15) is 14.4 Å². The van der Waals surface area contributed by atoms with Crippen molar-refractivity contribution in [2.45, 2.75) is 32.0 Å². The molecule has 16 heavy (non-hydrogen) atoms. The molecule has 0 aromatic rings. The van der Waals surface area contributed by atoms with Gasteiger partial charge in [0.25, 0.3) is 0 Å². The van der Waals surface area contributed by atoms with E-state index in [0.717, 1.165) is 5.57 Å². The summed E-state index contributed by atoms with van der Waals surface area (Å²) in [5.74, 6) is -0.400. The maximum absolute atomic E-state index is 11.5. The third-order valence-corrected chi connectivity index (χ3v) is 4.64. The monoisotopic (exact) mass is 246 g/mol. The summed E-state index contributed by atoms with van der Waals surface area (Å²) in [5.41, 5.74) is 13.1. The van der Waals surface area contributed by atoms with Crippen molar-refractivity contribution in [1.29, 1.82) is 0 Å². The first-order chi connectivity index (χ1) is 7.28. The molecule has 0 radical (unpaired) electrons. The van der Waals surface area contributed by atoms with Gasteiger partial charge in [0.15, 0.2) is 0 Å². The summed E-state index contributed by atoms with van der Waals surface area (Å²) in [6.45, 7) is 3.76. The fourth-order valence-corrected chi connectivity index (χ4v) is 3.26. The number of nitrogens with two attached hydrogens (primary N) is 2. The van der Waals surface area contributed by atoms with Gasteiger partial charge >= 0.3 is 7.60 Å². The second-order valence-electron chi connectivity index (χ2n) is 4.06. The third-order valence-electron chi connectivity index (χ3n) is 3.17. The van der Waals surface area contributed by atoms with E-state index in [1.807, 2.05) is 13.8 Å². The van der Waals surface area contributed by atoms with Crippen LogP contribution in [0.3, 0.4) is 0 Å². The molecule has 0 amide bonds. The molecule has 92 valence electrons. The maximum atomic E-state index is 11.5. The van der Waals surface area contributed by atoms with Crippen molar-refractivity contribution < 1.29 is 14.4 Å². The normalized spacial score (nSPS) is 30.9. The SMILES string of the molecule is CCC1=C(N)C=CC(N)(P(=O)(O)O)C1CC. The van der Waals surface area contributed by atoms with Gasteiger partial charge in [0.1, 0.15) is 5.28 Å². The molecule has 0 bridgehead atoms. The van der Waals surface area contributed by atoms with E-state index >= 15 is 0 Å². The van der Waals surface area contributed by atoms with Gasteiger partial charge in [-0.15, -0.1) is 0 Å². The van der Waals surface area contributed by atoms with Crippen LogP contribution in [0.4, 0.5) is 0 Å². The molecule has 2 atom stereocenters. The van der Waals surface area contributed by atoms with Crippen LogP contribution in [-0.4, -0.2) is 15.1 Å². The number of hydrogen-bond acceptors (Lipinski definition) is 3. The minimum atomic E-state index is -4.40. The Balaban J connectivity index is 3.29. The molecule has 0 heterocycles. The highest BCUT2D eigenvalue weighted by Gasteiger charge is 2.49. The van der Waals surface area contributed by atoms with E-state index in [1.165, 1.54) is 12.2 Å². The van der Waals surface area contributed by atoms with Crippen molar-refractivity contribution in [3.63, 3.8) is 0 Å². The Kier molecular flexibility index (Phi) is 3.65. The third kappa shape index (κ3) is 1.96. The zero-order chi connectivity index (χ0) is 12.6. The van der Waals surface area contributed by atoms with Crippen LogP contribution in [0.15, 0.2) is 23.4 Å². The van der Waals surface area contributed by atoms with Gasteiger partial charge < -0.3 is 21.3 Å². The lowest BCUT2D eigenvalue weighted by atomic mass is 9.82. The van der Waals surface area contributed by atoms with Crippen LogP contribution in [0.2, 0.25) is 0 Å². The van der Waals surface area contributed by atoms with Crippen molar-refractivity contribution in [2.75, 3.05) is 0 Å². The predicted octanol–water partition coefficient (Wildman–Crippen LogP) is 1.04. The van der Waals surface area contributed by atoms with Crippen LogP contribution in [0.25, 0.3) is 0 Å². The average Bonchev–Trinajstić information content (AvgIpc) is 2.19. The van der Waals surface area contributed by atoms with Gasteiger partial charge in [-0.1, -0.05) is 13.8 Å². The highest BCUT2D eigenvalue weighted by Crippen LogP contribution is 2.56. The molecule has 0 spiro atoms. The molecule has 6 N–H and O–H groups in total. The first-order valence-electron chi connectivity index (χ1n) is 5.30. The van der Waals surface area contributed by atoms with Crippen molar-refractivity contribution in [3.05, 3.63) is 23.4 Å². The van der Waals surface area contributed by atoms with E-state index in [1.54, 1.807) is 0 Å². The fraction of sp³-hybridized carbons (Fsp3) is 0.600. The summed E-state index contributed by atoms with van der Waals surface area (Å²) in [7, 11) is -4.40. The minimum Gasteiger partial charge on any atom is -0.399 e. The molecule has 5 nitrogen and oxygen atoms in total. The Morgan fingerprint density at radius 3 is 2.44 bits per heavy atom. The largest absolute Gasteiger partial charge is 0.399 e. The number of allylic oxidation sites excluding steroid dienone is 1. The van der Waals surface area contributed by atoms with Gasteiger partial charge in [-0.05, 0) is 30.6 Å². The standard InChI is InChI=1S/C10H19N2O3P/c1-3-7-8(4-2)10(12,16(13,14)15)6-5-9(7)11/h5-6,8H,3-4,11-12H2,1-2H3,(H2,13,14,15). The lowest BCUT2D eigenvalue weighted by Gasteiger charge is -2.39. The molecule has 0 aromatic carbocycles. The van der Waals surface area contributed by atoms with Crippen molar-refractivity contribution >= 4 is 7.60 Å². The molecule has 2 unspecified atom stereocenters. The van der Waals surface area contributed by atoms with Crippen LogP contribution < -0.4 is 11.5 Å². The Morgan fingerprint density at radius 2 is 2.06 bits per heavy atom. The summed E-state index contributed by atoms with van der Waals surface area (Å²) in [5, 5.41) is -1.62. The molecule has 6 heteroatoms. The maximum Gasteiger partial charge on any atom is 0.349 e. The quantitative estimate of drug-likeness (QED) is 0.556. The summed E-state index contributed by atoms with van der Waals surface area (Å²) < 4.78 is 11.5. The molecule has 0 aromatic heterocycles.